The monoisotopic (exact) mass is 411 g/mol. The molecule has 0 aliphatic heterocycles. The summed E-state index contributed by atoms with van der Waals surface area (Å²) in [5, 5.41) is 2.75. The Bertz CT molecular complexity index is 1070. The van der Waals surface area contributed by atoms with E-state index in [1.165, 1.54) is 0 Å². The molecule has 1 heterocycles. The zero-order valence-corrected chi connectivity index (χ0v) is 16.3. The van der Waals surface area contributed by atoms with E-state index in [9.17, 15) is 0 Å². The van der Waals surface area contributed by atoms with Gasteiger partial charge >= 0.3 is 6.92 Å². The van der Waals surface area contributed by atoms with E-state index < -0.39 is 6.92 Å². The SMILES string of the molecule is Clc1cccc(B(Oc2ccc(Cl)c3cccnc23)c2cccc(Cl)c2)c1. The molecular formula is C21H13BCl3NO. The molecule has 0 spiro atoms. The Morgan fingerprint density at radius 1 is 0.741 bits per heavy atom. The number of fused-ring (bicyclic) bond motifs is 1. The van der Waals surface area contributed by atoms with Crippen LogP contribution in [0.3, 0.4) is 0 Å². The van der Waals surface area contributed by atoms with E-state index in [2.05, 4.69) is 4.98 Å². The third kappa shape index (κ3) is 3.91. The molecule has 0 saturated carbocycles. The number of benzene rings is 3. The summed E-state index contributed by atoms with van der Waals surface area (Å²) in [5.41, 5.74) is 2.55. The summed E-state index contributed by atoms with van der Waals surface area (Å²) < 4.78 is 6.43. The number of halogens is 3. The predicted molar refractivity (Wildman–Crippen MR) is 115 cm³/mol. The second-order valence-corrected chi connectivity index (χ2v) is 7.33. The summed E-state index contributed by atoms with van der Waals surface area (Å²) in [6.07, 6.45) is 1.72. The van der Waals surface area contributed by atoms with Gasteiger partial charge in [0.05, 0.1) is 5.02 Å². The minimum absolute atomic E-state index is 0.395. The van der Waals surface area contributed by atoms with Crippen molar-refractivity contribution in [2.24, 2.45) is 0 Å². The van der Waals surface area contributed by atoms with Crippen molar-refractivity contribution in [1.82, 2.24) is 4.98 Å². The van der Waals surface area contributed by atoms with Crippen LogP contribution in [-0.2, 0) is 0 Å². The summed E-state index contributed by atoms with van der Waals surface area (Å²) in [4.78, 5) is 4.46. The smallest absolute Gasteiger partial charge is 0.426 e. The third-order valence-corrected chi connectivity index (χ3v) is 5.03. The van der Waals surface area contributed by atoms with Gasteiger partial charge in [-0.3, -0.25) is 4.98 Å². The fourth-order valence-electron chi connectivity index (χ4n) is 3.00. The molecule has 0 aliphatic rings. The Morgan fingerprint density at radius 3 is 2.04 bits per heavy atom. The van der Waals surface area contributed by atoms with Crippen molar-refractivity contribution in [1.29, 1.82) is 0 Å². The highest BCUT2D eigenvalue weighted by atomic mass is 35.5. The molecule has 0 unspecified atom stereocenters. The minimum atomic E-state index is -0.395. The summed E-state index contributed by atoms with van der Waals surface area (Å²) in [6.45, 7) is -0.395. The van der Waals surface area contributed by atoms with Crippen molar-refractivity contribution >= 4 is 63.5 Å². The molecule has 3 aromatic carbocycles. The van der Waals surface area contributed by atoms with Crippen LogP contribution in [0.2, 0.25) is 15.1 Å². The highest BCUT2D eigenvalue weighted by molar-refractivity contribution is 6.80. The van der Waals surface area contributed by atoms with Gasteiger partial charge in [0.15, 0.2) is 0 Å². The Balaban J connectivity index is 1.84. The van der Waals surface area contributed by atoms with E-state index in [4.69, 9.17) is 39.5 Å². The van der Waals surface area contributed by atoms with Gasteiger partial charge in [-0.25, -0.2) is 0 Å². The molecule has 4 aromatic rings. The van der Waals surface area contributed by atoms with Gasteiger partial charge in [-0.1, -0.05) is 59.1 Å². The Morgan fingerprint density at radius 2 is 1.41 bits per heavy atom. The van der Waals surface area contributed by atoms with Gasteiger partial charge in [0.1, 0.15) is 11.3 Å². The number of rotatable bonds is 4. The lowest BCUT2D eigenvalue weighted by molar-refractivity contribution is 0.597. The molecule has 27 heavy (non-hydrogen) atoms. The second kappa shape index (κ2) is 7.81. The first-order valence-electron chi connectivity index (χ1n) is 8.32. The van der Waals surface area contributed by atoms with Crippen LogP contribution in [0.4, 0.5) is 0 Å². The van der Waals surface area contributed by atoms with E-state index >= 15 is 0 Å². The molecule has 1 aromatic heterocycles. The number of pyridine rings is 1. The average Bonchev–Trinajstić information content (AvgIpc) is 2.68. The van der Waals surface area contributed by atoms with Gasteiger partial charge in [-0.05, 0) is 59.5 Å². The number of hydrogen-bond donors (Lipinski definition) is 0. The van der Waals surface area contributed by atoms with Crippen molar-refractivity contribution < 1.29 is 4.65 Å². The zero-order chi connectivity index (χ0) is 18.8. The molecule has 0 amide bonds. The fraction of sp³-hybridized carbons (Fsp3) is 0. The van der Waals surface area contributed by atoms with E-state index in [0.717, 1.165) is 16.3 Å². The Kier molecular flexibility index (Phi) is 5.26. The van der Waals surface area contributed by atoms with Crippen molar-refractivity contribution in [2.75, 3.05) is 0 Å². The summed E-state index contributed by atoms with van der Waals surface area (Å²) in [7, 11) is 0. The minimum Gasteiger partial charge on any atom is -0.550 e. The summed E-state index contributed by atoms with van der Waals surface area (Å²) in [6, 6.07) is 22.6. The molecule has 6 heteroatoms. The topological polar surface area (TPSA) is 22.1 Å². The third-order valence-electron chi connectivity index (χ3n) is 4.23. The van der Waals surface area contributed by atoms with Gasteiger partial charge < -0.3 is 4.65 Å². The van der Waals surface area contributed by atoms with Crippen molar-refractivity contribution in [2.45, 2.75) is 0 Å². The highest BCUT2D eigenvalue weighted by Crippen LogP contribution is 2.30. The van der Waals surface area contributed by atoms with Gasteiger partial charge in [0.25, 0.3) is 0 Å². The molecule has 0 atom stereocenters. The van der Waals surface area contributed by atoms with Crippen LogP contribution in [0.5, 0.6) is 5.75 Å². The molecule has 0 saturated heterocycles. The first-order valence-corrected chi connectivity index (χ1v) is 9.46. The maximum atomic E-state index is 6.43. The molecule has 0 fully saturated rings. The molecule has 0 radical (unpaired) electrons. The molecule has 0 bridgehead atoms. The van der Waals surface area contributed by atoms with E-state index in [-0.39, 0.29) is 0 Å². The van der Waals surface area contributed by atoms with Crippen LogP contribution in [0, 0.1) is 0 Å². The Hall–Kier alpha value is -2.20. The van der Waals surface area contributed by atoms with Crippen LogP contribution in [-0.4, -0.2) is 11.9 Å². The largest absolute Gasteiger partial charge is 0.550 e. The second-order valence-electron chi connectivity index (χ2n) is 6.05. The van der Waals surface area contributed by atoms with Gasteiger partial charge in [0.2, 0.25) is 0 Å². The lowest BCUT2D eigenvalue weighted by atomic mass is 9.55. The highest BCUT2D eigenvalue weighted by Gasteiger charge is 2.25. The number of hydrogen-bond acceptors (Lipinski definition) is 2. The molecule has 132 valence electrons. The molecule has 0 aliphatic carbocycles. The average molecular weight is 413 g/mol. The fourth-order valence-corrected chi connectivity index (χ4v) is 3.61. The van der Waals surface area contributed by atoms with Crippen molar-refractivity contribution in [3.8, 4) is 5.75 Å². The summed E-state index contributed by atoms with van der Waals surface area (Å²) >= 11 is 18.7. The van der Waals surface area contributed by atoms with Crippen molar-refractivity contribution in [3.05, 3.63) is 94.1 Å². The zero-order valence-electron chi connectivity index (χ0n) is 14.1. The first kappa shape index (κ1) is 18.2. The lowest BCUT2D eigenvalue weighted by Gasteiger charge is -2.18. The van der Waals surface area contributed by atoms with E-state index in [1.54, 1.807) is 6.20 Å². The molecule has 0 N–H and O–H groups in total. The van der Waals surface area contributed by atoms with Crippen LogP contribution in [0.25, 0.3) is 10.9 Å². The normalized spacial score (nSPS) is 10.8. The van der Waals surface area contributed by atoms with Crippen LogP contribution in [0.15, 0.2) is 79.0 Å². The molecule has 4 rings (SSSR count). The molecular weight excluding hydrogens is 399 g/mol. The van der Waals surface area contributed by atoms with Crippen LogP contribution < -0.4 is 15.6 Å². The predicted octanol–water partition coefficient (Wildman–Crippen LogP) is 5.38. The molecule has 2 nitrogen and oxygen atoms in total. The van der Waals surface area contributed by atoms with Crippen LogP contribution >= 0.6 is 34.8 Å². The van der Waals surface area contributed by atoms with E-state index in [1.807, 2.05) is 72.8 Å². The lowest BCUT2D eigenvalue weighted by Crippen LogP contribution is -2.47. The van der Waals surface area contributed by atoms with Crippen LogP contribution in [0.1, 0.15) is 0 Å². The van der Waals surface area contributed by atoms with E-state index in [0.29, 0.717) is 26.3 Å². The maximum Gasteiger partial charge on any atom is 0.426 e. The Labute approximate surface area is 172 Å². The van der Waals surface area contributed by atoms with Gasteiger partial charge in [-0.2, -0.15) is 0 Å². The first-order chi connectivity index (χ1) is 13.1. The maximum absolute atomic E-state index is 6.43. The number of aromatic nitrogens is 1. The van der Waals surface area contributed by atoms with Crippen molar-refractivity contribution in [3.63, 3.8) is 0 Å². The summed E-state index contributed by atoms with van der Waals surface area (Å²) in [5.74, 6) is 0.639. The van der Waals surface area contributed by atoms with Gasteiger partial charge in [0, 0.05) is 21.6 Å². The quantitative estimate of drug-likeness (QED) is 0.420. The standard InChI is InChI=1S/C21H13BCl3NO/c23-16-6-1-4-14(12-16)22(15-5-2-7-17(24)13-15)27-20-10-9-19(25)18-8-3-11-26-21(18)20/h1-13H. The number of nitrogens with zero attached hydrogens (tertiary/aromatic N) is 1. The van der Waals surface area contributed by atoms with Gasteiger partial charge in [-0.15, -0.1) is 0 Å².